The van der Waals surface area contributed by atoms with Crippen LogP contribution in [-0.4, -0.2) is 19.4 Å². The molecule has 2 aromatic carbocycles. The van der Waals surface area contributed by atoms with Crippen LogP contribution in [-0.2, 0) is 0 Å². The molecule has 24 heavy (non-hydrogen) atoms. The number of hydrogen-bond acceptors (Lipinski definition) is 4. The van der Waals surface area contributed by atoms with Crippen LogP contribution >= 0.6 is 0 Å². The van der Waals surface area contributed by atoms with E-state index in [1.807, 2.05) is 48.5 Å². The summed E-state index contributed by atoms with van der Waals surface area (Å²) < 4.78 is 5.41. The average molecular weight is 321 g/mol. The van der Waals surface area contributed by atoms with Gasteiger partial charge in [-0.05, 0) is 31.5 Å². The van der Waals surface area contributed by atoms with E-state index in [9.17, 15) is 9.59 Å². The number of carbonyl (C=O) groups excluding carboxylic acids is 1. The minimum Gasteiger partial charge on any atom is -0.422 e. The summed E-state index contributed by atoms with van der Waals surface area (Å²) in [6.07, 6.45) is 0.575. The van der Waals surface area contributed by atoms with E-state index in [-0.39, 0.29) is 5.56 Å². The minimum atomic E-state index is -0.604. The van der Waals surface area contributed by atoms with E-state index in [4.69, 9.17) is 4.42 Å². The number of benzene rings is 2. The topological polar surface area (TPSA) is 50.5 Å². The third-order valence-corrected chi connectivity index (χ3v) is 4.24. The van der Waals surface area contributed by atoms with E-state index in [1.54, 1.807) is 0 Å². The number of nitrogens with zero attached hydrogens (tertiary/aromatic N) is 1. The van der Waals surface area contributed by atoms with Gasteiger partial charge in [-0.1, -0.05) is 30.3 Å². The fourth-order valence-electron chi connectivity index (χ4n) is 3.01. The van der Waals surface area contributed by atoms with Gasteiger partial charge in [0.1, 0.15) is 11.1 Å². The van der Waals surface area contributed by atoms with E-state index in [0.29, 0.717) is 17.4 Å². The van der Waals surface area contributed by atoms with Crippen molar-refractivity contribution in [3.05, 3.63) is 64.5 Å². The van der Waals surface area contributed by atoms with Crippen molar-refractivity contribution in [3.63, 3.8) is 0 Å². The van der Waals surface area contributed by atoms with Crippen LogP contribution in [0.3, 0.4) is 0 Å². The van der Waals surface area contributed by atoms with E-state index in [0.717, 1.165) is 29.7 Å². The van der Waals surface area contributed by atoms with Crippen LogP contribution in [0.2, 0.25) is 0 Å². The fraction of sp³-hybridized carbons (Fsp3) is 0.200. The SMILES string of the molecule is CCN(CC)c1ccc2c(-c3ccccc3)c(C=O)c(=O)oc2c1. The zero-order chi connectivity index (χ0) is 17.1. The maximum Gasteiger partial charge on any atom is 0.347 e. The summed E-state index contributed by atoms with van der Waals surface area (Å²) in [5, 5.41) is 0.763. The van der Waals surface area contributed by atoms with Gasteiger partial charge in [-0.2, -0.15) is 0 Å². The first-order valence-electron chi connectivity index (χ1n) is 8.06. The molecule has 1 heterocycles. The monoisotopic (exact) mass is 321 g/mol. The molecule has 0 radical (unpaired) electrons. The fourth-order valence-corrected chi connectivity index (χ4v) is 3.01. The van der Waals surface area contributed by atoms with Gasteiger partial charge >= 0.3 is 5.63 Å². The standard InChI is InChI=1S/C20H19NO3/c1-3-21(4-2)15-10-11-16-18(12-15)24-20(23)17(13-22)19(16)14-8-6-5-7-9-14/h5-13H,3-4H2,1-2H3. The molecule has 4 heteroatoms. The van der Waals surface area contributed by atoms with Gasteiger partial charge in [-0.3, -0.25) is 4.79 Å². The lowest BCUT2D eigenvalue weighted by molar-refractivity contribution is 0.112. The van der Waals surface area contributed by atoms with Crippen LogP contribution in [0.5, 0.6) is 0 Å². The zero-order valence-electron chi connectivity index (χ0n) is 13.8. The van der Waals surface area contributed by atoms with Gasteiger partial charge in [-0.15, -0.1) is 0 Å². The van der Waals surface area contributed by atoms with E-state index in [2.05, 4.69) is 18.7 Å². The largest absolute Gasteiger partial charge is 0.422 e. The summed E-state index contributed by atoms with van der Waals surface area (Å²) in [6, 6.07) is 15.2. The number of carbonyl (C=O) groups is 1. The van der Waals surface area contributed by atoms with Crippen molar-refractivity contribution in [1.29, 1.82) is 0 Å². The molecule has 122 valence electrons. The van der Waals surface area contributed by atoms with Gasteiger partial charge in [0.25, 0.3) is 0 Å². The average Bonchev–Trinajstić information content (AvgIpc) is 2.62. The number of hydrogen-bond donors (Lipinski definition) is 0. The Kier molecular flexibility index (Phi) is 4.47. The molecule has 3 rings (SSSR count). The quantitative estimate of drug-likeness (QED) is 0.524. The lowest BCUT2D eigenvalue weighted by Crippen LogP contribution is -2.21. The lowest BCUT2D eigenvalue weighted by Gasteiger charge is -2.21. The molecule has 0 aliphatic carbocycles. The molecule has 0 aliphatic rings. The molecular formula is C20H19NO3. The molecule has 4 nitrogen and oxygen atoms in total. The van der Waals surface area contributed by atoms with Crippen LogP contribution in [0, 0.1) is 0 Å². The highest BCUT2D eigenvalue weighted by Crippen LogP contribution is 2.32. The highest BCUT2D eigenvalue weighted by atomic mass is 16.4. The van der Waals surface area contributed by atoms with E-state index < -0.39 is 5.63 Å². The second-order valence-electron chi connectivity index (χ2n) is 5.51. The summed E-state index contributed by atoms with van der Waals surface area (Å²) in [6.45, 7) is 5.89. The maximum atomic E-state index is 12.3. The molecule has 0 amide bonds. The summed E-state index contributed by atoms with van der Waals surface area (Å²) >= 11 is 0. The summed E-state index contributed by atoms with van der Waals surface area (Å²) in [4.78, 5) is 25.9. The van der Waals surface area contributed by atoms with Gasteiger partial charge < -0.3 is 9.32 Å². The molecule has 0 bridgehead atoms. The highest BCUT2D eigenvalue weighted by molar-refractivity contribution is 6.02. The van der Waals surface area contributed by atoms with Crippen molar-refractivity contribution in [2.45, 2.75) is 13.8 Å². The number of anilines is 1. The van der Waals surface area contributed by atoms with Crippen molar-refractivity contribution < 1.29 is 9.21 Å². The first-order valence-corrected chi connectivity index (χ1v) is 8.06. The smallest absolute Gasteiger partial charge is 0.347 e. The summed E-state index contributed by atoms with van der Waals surface area (Å²) in [5.41, 5.74) is 2.40. The first kappa shape index (κ1) is 16.0. The zero-order valence-corrected chi connectivity index (χ0v) is 13.8. The second kappa shape index (κ2) is 6.71. The minimum absolute atomic E-state index is 0.0595. The normalized spacial score (nSPS) is 10.8. The predicted octanol–water partition coefficient (Wildman–Crippen LogP) is 4.12. The van der Waals surface area contributed by atoms with Crippen molar-refractivity contribution >= 4 is 22.9 Å². The van der Waals surface area contributed by atoms with Crippen LogP contribution in [0.4, 0.5) is 5.69 Å². The molecule has 3 aromatic rings. The number of fused-ring (bicyclic) bond motifs is 1. The lowest BCUT2D eigenvalue weighted by atomic mass is 9.97. The van der Waals surface area contributed by atoms with Crippen LogP contribution in [0.1, 0.15) is 24.2 Å². The third-order valence-electron chi connectivity index (χ3n) is 4.24. The van der Waals surface area contributed by atoms with E-state index in [1.165, 1.54) is 0 Å². The van der Waals surface area contributed by atoms with Gasteiger partial charge in [0.05, 0.1) is 0 Å². The predicted molar refractivity (Wildman–Crippen MR) is 96.9 cm³/mol. The molecule has 0 aliphatic heterocycles. The van der Waals surface area contributed by atoms with Gasteiger partial charge in [0, 0.05) is 35.8 Å². The van der Waals surface area contributed by atoms with Crippen molar-refractivity contribution in [2.24, 2.45) is 0 Å². The van der Waals surface area contributed by atoms with Crippen molar-refractivity contribution in [2.75, 3.05) is 18.0 Å². The Morgan fingerprint density at radius 3 is 2.38 bits per heavy atom. The Morgan fingerprint density at radius 1 is 1.04 bits per heavy atom. The van der Waals surface area contributed by atoms with Gasteiger partial charge in [0.2, 0.25) is 0 Å². The van der Waals surface area contributed by atoms with Crippen LogP contribution in [0.25, 0.3) is 22.1 Å². The summed E-state index contributed by atoms with van der Waals surface area (Å²) in [5.74, 6) is 0. The third kappa shape index (κ3) is 2.71. The van der Waals surface area contributed by atoms with Crippen LogP contribution < -0.4 is 10.5 Å². The Morgan fingerprint density at radius 2 is 1.75 bits per heavy atom. The Labute approximate surface area is 140 Å². The molecule has 0 saturated carbocycles. The molecule has 0 spiro atoms. The summed E-state index contributed by atoms with van der Waals surface area (Å²) in [7, 11) is 0. The molecule has 0 saturated heterocycles. The van der Waals surface area contributed by atoms with Gasteiger partial charge in [0.15, 0.2) is 6.29 Å². The molecule has 0 atom stereocenters. The van der Waals surface area contributed by atoms with E-state index >= 15 is 0 Å². The maximum absolute atomic E-state index is 12.3. The van der Waals surface area contributed by atoms with Gasteiger partial charge in [-0.25, -0.2) is 4.79 Å². The van der Waals surface area contributed by atoms with Crippen molar-refractivity contribution in [1.82, 2.24) is 0 Å². The molecule has 0 unspecified atom stereocenters. The molecule has 0 N–H and O–H groups in total. The highest BCUT2D eigenvalue weighted by Gasteiger charge is 2.16. The second-order valence-corrected chi connectivity index (χ2v) is 5.51. The molecular weight excluding hydrogens is 302 g/mol. The Hall–Kier alpha value is -2.88. The Balaban J connectivity index is 2.33. The molecule has 1 aromatic heterocycles. The van der Waals surface area contributed by atoms with Crippen molar-refractivity contribution in [3.8, 4) is 11.1 Å². The van der Waals surface area contributed by atoms with Crippen LogP contribution in [0.15, 0.2) is 57.7 Å². The number of rotatable bonds is 5. The Bertz CT molecular complexity index is 925. The first-order chi connectivity index (χ1) is 11.7. The molecule has 0 fully saturated rings. The number of aldehydes is 1.